The Bertz CT molecular complexity index is 695. The van der Waals surface area contributed by atoms with Crippen molar-refractivity contribution in [2.75, 3.05) is 44.6 Å². The van der Waals surface area contributed by atoms with Gasteiger partial charge in [-0.3, -0.25) is 19.7 Å². The van der Waals surface area contributed by atoms with Crippen LogP contribution >= 0.6 is 0 Å². The zero-order valence-corrected chi connectivity index (χ0v) is 14.5. The summed E-state index contributed by atoms with van der Waals surface area (Å²) in [6.07, 6.45) is 1.74. The third kappa shape index (κ3) is 4.10. The lowest BCUT2D eigenvalue weighted by Gasteiger charge is -2.41. The average molecular weight is 361 g/mol. The maximum atomic E-state index is 12.5. The fourth-order valence-electron chi connectivity index (χ4n) is 3.51. The van der Waals surface area contributed by atoms with E-state index in [2.05, 4.69) is 10.6 Å². The van der Waals surface area contributed by atoms with Gasteiger partial charge in [0.1, 0.15) is 5.69 Å². The number of benzene rings is 1. The SMILES string of the molecule is O=C(CNc1ccccc1[N+](=O)[O-])N1CCCC(N2CCNCC2=O)C1. The highest BCUT2D eigenvalue weighted by molar-refractivity contribution is 5.82. The van der Waals surface area contributed by atoms with E-state index in [1.54, 1.807) is 23.1 Å². The molecule has 2 aliphatic heterocycles. The number of nitro benzene ring substituents is 1. The molecule has 1 atom stereocenters. The summed E-state index contributed by atoms with van der Waals surface area (Å²) >= 11 is 0. The number of carbonyl (C=O) groups excluding carboxylic acids is 2. The van der Waals surface area contributed by atoms with Gasteiger partial charge in [0.25, 0.3) is 5.69 Å². The highest BCUT2D eigenvalue weighted by Crippen LogP contribution is 2.23. The van der Waals surface area contributed by atoms with Crippen molar-refractivity contribution in [2.45, 2.75) is 18.9 Å². The van der Waals surface area contributed by atoms with Crippen LogP contribution in [0.5, 0.6) is 0 Å². The van der Waals surface area contributed by atoms with Crippen molar-refractivity contribution < 1.29 is 14.5 Å². The van der Waals surface area contributed by atoms with E-state index in [0.717, 1.165) is 19.4 Å². The van der Waals surface area contributed by atoms with Crippen molar-refractivity contribution in [1.82, 2.24) is 15.1 Å². The van der Waals surface area contributed by atoms with Gasteiger partial charge in [-0.25, -0.2) is 0 Å². The van der Waals surface area contributed by atoms with E-state index in [4.69, 9.17) is 0 Å². The minimum absolute atomic E-state index is 0.00687. The van der Waals surface area contributed by atoms with Gasteiger partial charge in [0, 0.05) is 38.3 Å². The zero-order chi connectivity index (χ0) is 18.5. The molecule has 1 aromatic rings. The molecule has 0 bridgehead atoms. The zero-order valence-electron chi connectivity index (χ0n) is 14.5. The summed E-state index contributed by atoms with van der Waals surface area (Å²) in [4.78, 5) is 38.8. The van der Waals surface area contributed by atoms with Gasteiger partial charge in [-0.1, -0.05) is 12.1 Å². The number of carbonyl (C=O) groups is 2. The van der Waals surface area contributed by atoms with Gasteiger partial charge < -0.3 is 20.4 Å². The normalized spacial score (nSPS) is 20.8. The van der Waals surface area contributed by atoms with E-state index in [0.29, 0.717) is 31.9 Å². The van der Waals surface area contributed by atoms with E-state index >= 15 is 0 Å². The lowest BCUT2D eigenvalue weighted by Crippen LogP contribution is -2.57. The quantitative estimate of drug-likeness (QED) is 0.582. The van der Waals surface area contributed by atoms with E-state index in [9.17, 15) is 19.7 Å². The molecular formula is C17H23N5O4. The van der Waals surface area contributed by atoms with Crippen LogP contribution in [0.15, 0.2) is 24.3 Å². The summed E-state index contributed by atoms with van der Waals surface area (Å²) in [6, 6.07) is 6.31. The Balaban J connectivity index is 1.58. The summed E-state index contributed by atoms with van der Waals surface area (Å²) in [5, 5.41) is 17.0. The fraction of sp³-hybridized carbons (Fsp3) is 0.529. The molecule has 9 heteroatoms. The van der Waals surface area contributed by atoms with Crippen LogP contribution in [0.4, 0.5) is 11.4 Å². The number of amides is 2. The Morgan fingerprint density at radius 1 is 1.35 bits per heavy atom. The number of nitrogens with zero attached hydrogens (tertiary/aromatic N) is 3. The fourth-order valence-corrected chi connectivity index (χ4v) is 3.51. The Kier molecular flexibility index (Phi) is 5.67. The van der Waals surface area contributed by atoms with Crippen LogP contribution in [0.2, 0.25) is 0 Å². The predicted octanol–water partition coefficient (Wildman–Crippen LogP) is 0.430. The first-order chi connectivity index (χ1) is 12.6. The Morgan fingerprint density at radius 2 is 2.15 bits per heavy atom. The van der Waals surface area contributed by atoms with Gasteiger partial charge in [-0.05, 0) is 18.9 Å². The number of anilines is 1. The average Bonchev–Trinajstić information content (AvgIpc) is 2.66. The molecule has 0 spiro atoms. The molecular weight excluding hydrogens is 338 g/mol. The Hall–Kier alpha value is -2.68. The third-order valence-corrected chi connectivity index (χ3v) is 4.85. The number of hydrogen-bond donors (Lipinski definition) is 2. The van der Waals surface area contributed by atoms with Gasteiger partial charge in [-0.2, -0.15) is 0 Å². The van der Waals surface area contributed by atoms with Crippen molar-refractivity contribution >= 4 is 23.2 Å². The smallest absolute Gasteiger partial charge is 0.292 e. The highest BCUT2D eigenvalue weighted by atomic mass is 16.6. The molecule has 140 valence electrons. The monoisotopic (exact) mass is 361 g/mol. The molecule has 2 fully saturated rings. The standard InChI is InChI=1S/C17H23N5O4/c23-16(11-19-14-5-1-2-6-15(14)22(25)26)20-8-3-4-13(12-20)21-9-7-18-10-17(21)24/h1-2,5-6,13,18-19H,3-4,7-12H2. The molecule has 1 unspecified atom stereocenters. The number of nitrogens with one attached hydrogen (secondary N) is 2. The minimum atomic E-state index is -0.472. The van der Waals surface area contributed by atoms with Crippen LogP contribution in [0.25, 0.3) is 0 Å². The second-order valence-electron chi connectivity index (χ2n) is 6.53. The number of piperidine rings is 1. The van der Waals surface area contributed by atoms with Crippen molar-refractivity contribution in [3.05, 3.63) is 34.4 Å². The van der Waals surface area contributed by atoms with E-state index < -0.39 is 4.92 Å². The molecule has 1 aromatic carbocycles. The van der Waals surface area contributed by atoms with Crippen molar-refractivity contribution in [1.29, 1.82) is 0 Å². The molecule has 2 aliphatic rings. The first kappa shape index (κ1) is 18.1. The maximum Gasteiger partial charge on any atom is 0.292 e. The molecule has 3 rings (SSSR count). The lowest BCUT2D eigenvalue weighted by atomic mass is 10.0. The van der Waals surface area contributed by atoms with Crippen LogP contribution in [-0.4, -0.2) is 71.8 Å². The van der Waals surface area contributed by atoms with Crippen LogP contribution in [0.3, 0.4) is 0 Å². The molecule has 2 N–H and O–H groups in total. The van der Waals surface area contributed by atoms with Gasteiger partial charge in [-0.15, -0.1) is 0 Å². The molecule has 0 radical (unpaired) electrons. The predicted molar refractivity (Wildman–Crippen MR) is 95.8 cm³/mol. The largest absolute Gasteiger partial charge is 0.371 e. The van der Waals surface area contributed by atoms with Crippen LogP contribution < -0.4 is 10.6 Å². The first-order valence-electron chi connectivity index (χ1n) is 8.81. The minimum Gasteiger partial charge on any atom is -0.371 e. The van der Waals surface area contributed by atoms with E-state index in [1.165, 1.54) is 6.07 Å². The molecule has 26 heavy (non-hydrogen) atoms. The van der Waals surface area contributed by atoms with Gasteiger partial charge >= 0.3 is 0 Å². The van der Waals surface area contributed by atoms with Crippen LogP contribution in [-0.2, 0) is 9.59 Å². The Morgan fingerprint density at radius 3 is 2.92 bits per heavy atom. The Labute approximate surface area is 151 Å². The van der Waals surface area contributed by atoms with Gasteiger partial charge in [0.2, 0.25) is 11.8 Å². The molecule has 2 saturated heterocycles. The number of nitro groups is 1. The molecule has 2 amide bonds. The van der Waals surface area contributed by atoms with E-state index in [-0.39, 0.29) is 30.1 Å². The lowest BCUT2D eigenvalue weighted by molar-refractivity contribution is -0.383. The summed E-state index contributed by atoms with van der Waals surface area (Å²) in [5.41, 5.74) is 0.278. The van der Waals surface area contributed by atoms with Gasteiger partial charge in [0.15, 0.2) is 0 Å². The van der Waals surface area contributed by atoms with Crippen molar-refractivity contribution in [2.24, 2.45) is 0 Å². The number of hydrogen-bond acceptors (Lipinski definition) is 6. The second-order valence-corrected chi connectivity index (χ2v) is 6.53. The molecule has 2 heterocycles. The summed E-state index contributed by atoms with van der Waals surface area (Å²) in [7, 11) is 0. The van der Waals surface area contributed by atoms with Crippen LogP contribution in [0, 0.1) is 10.1 Å². The van der Waals surface area contributed by atoms with Crippen molar-refractivity contribution in [3.8, 4) is 0 Å². The third-order valence-electron chi connectivity index (χ3n) is 4.85. The topological polar surface area (TPSA) is 108 Å². The van der Waals surface area contributed by atoms with Gasteiger partial charge in [0.05, 0.1) is 18.0 Å². The molecule has 0 aliphatic carbocycles. The maximum absolute atomic E-state index is 12.5. The number of piperazine rings is 1. The van der Waals surface area contributed by atoms with Crippen molar-refractivity contribution in [3.63, 3.8) is 0 Å². The summed E-state index contributed by atoms with van der Waals surface area (Å²) < 4.78 is 0. The van der Waals surface area contributed by atoms with E-state index in [1.807, 2.05) is 4.90 Å². The first-order valence-corrected chi connectivity index (χ1v) is 8.81. The molecule has 0 aromatic heterocycles. The van der Waals surface area contributed by atoms with Crippen LogP contribution in [0.1, 0.15) is 12.8 Å². The number of para-hydroxylation sites is 2. The highest BCUT2D eigenvalue weighted by Gasteiger charge is 2.31. The number of likely N-dealkylation sites (tertiary alicyclic amines) is 1. The molecule has 9 nitrogen and oxygen atoms in total. The summed E-state index contributed by atoms with van der Waals surface area (Å²) in [6.45, 7) is 2.95. The summed E-state index contributed by atoms with van der Waals surface area (Å²) in [5.74, 6) is -0.0379. The molecule has 0 saturated carbocycles. The second kappa shape index (κ2) is 8.13. The number of rotatable bonds is 5.